The third-order valence-electron chi connectivity index (χ3n) is 4.27. The molecule has 1 N–H and O–H groups in total. The van der Waals surface area contributed by atoms with Crippen molar-refractivity contribution in [3.63, 3.8) is 0 Å². The van der Waals surface area contributed by atoms with Gasteiger partial charge in [0.2, 0.25) is 5.91 Å². The molecule has 136 valence electrons. The van der Waals surface area contributed by atoms with Gasteiger partial charge in [-0.3, -0.25) is 9.59 Å². The summed E-state index contributed by atoms with van der Waals surface area (Å²) in [5, 5.41) is 3.85. The molecular weight excluding hydrogens is 354 g/mol. The Kier molecular flexibility index (Phi) is 5.68. The molecule has 1 fully saturated rings. The van der Waals surface area contributed by atoms with E-state index in [1.165, 1.54) is 6.20 Å². The first-order chi connectivity index (χ1) is 12.5. The van der Waals surface area contributed by atoms with Crippen LogP contribution in [0.2, 0.25) is 5.02 Å². The molecule has 1 aromatic carbocycles. The number of carbonyl (C=O) groups is 2. The number of amides is 2. The van der Waals surface area contributed by atoms with E-state index in [1.54, 1.807) is 22.9 Å². The lowest BCUT2D eigenvalue weighted by atomic mass is 10.2. The van der Waals surface area contributed by atoms with Crippen LogP contribution in [0.1, 0.15) is 23.0 Å². The number of rotatable bonds is 4. The molecule has 0 spiro atoms. The average Bonchev–Trinajstić information content (AvgIpc) is 2.67. The van der Waals surface area contributed by atoms with E-state index in [2.05, 4.69) is 15.3 Å². The molecule has 1 aromatic heterocycles. The van der Waals surface area contributed by atoms with Gasteiger partial charge in [-0.15, -0.1) is 0 Å². The highest BCUT2D eigenvalue weighted by molar-refractivity contribution is 6.30. The largest absolute Gasteiger partial charge is 0.365 e. The molecule has 2 amide bonds. The normalized spacial score (nSPS) is 14.2. The average molecular weight is 374 g/mol. The maximum Gasteiger partial charge on any atom is 0.274 e. The van der Waals surface area contributed by atoms with Crippen molar-refractivity contribution in [2.75, 3.05) is 31.5 Å². The van der Waals surface area contributed by atoms with Gasteiger partial charge in [0.15, 0.2) is 0 Å². The van der Waals surface area contributed by atoms with Gasteiger partial charge < -0.3 is 15.1 Å². The van der Waals surface area contributed by atoms with Crippen LogP contribution in [0, 0.1) is 0 Å². The molecular formula is C18H20ClN5O2. The Balaban J connectivity index is 1.54. The molecule has 1 aliphatic heterocycles. The standard InChI is InChI=1S/C18H20ClN5O2/c1-13(25)23-6-8-24(9-7-23)18(26)16-11-22-17(12-20-16)21-10-14-2-4-15(19)5-3-14/h2-5,11-12H,6-10H2,1H3,(H,21,22). The third-order valence-corrected chi connectivity index (χ3v) is 4.52. The van der Waals surface area contributed by atoms with Gasteiger partial charge in [-0.2, -0.15) is 0 Å². The molecule has 0 saturated carbocycles. The van der Waals surface area contributed by atoms with Crippen molar-refractivity contribution in [2.45, 2.75) is 13.5 Å². The van der Waals surface area contributed by atoms with Crippen molar-refractivity contribution >= 4 is 29.2 Å². The van der Waals surface area contributed by atoms with Crippen LogP contribution < -0.4 is 5.32 Å². The second kappa shape index (κ2) is 8.14. The van der Waals surface area contributed by atoms with E-state index < -0.39 is 0 Å². The van der Waals surface area contributed by atoms with Crippen molar-refractivity contribution in [3.05, 3.63) is 52.9 Å². The highest BCUT2D eigenvalue weighted by Gasteiger charge is 2.24. The topological polar surface area (TPSA) is 78.4 Å². The molecule has 0 atom stereocenters. The lowest BCUT2D eigenvalue weighted by Crippen LogP contribution is -2.50. The summed E-state index contributed by atoms with van der Waals surface area (Å²) in [6.07, 6.45) is 3.03. The van der Waals surface area contributed by atoms with Crippen LogP contribution in [0.25, 0.3) is 0 Å². The molecule has 26 heavy (non-hydrogen) atoms. The number of carbonyl (C=O) groups excluding carboxylic acids is 2. The zero-order valence-corrected chi connectivity index (χ0v) is 15.2. The Bertz CT molecular complexity index is 771. The van der Waals surface area contributed by atoms with Crippen molar-refractivity contribution in [1.29, 1.82) is 0 Å². The van der Waals surface area contributed by atoms with Gasteiger partial charge in [0, 0.05) is 44.7 Å². The summed E-state index contributed by atoms with van der Waals surface area (Å²) in [4.78, 5) is 35.7. The molecule has 2 aromatic rings. The van der Waals surface area contributed by atoms with E-state index in [4.69, 9.17) is 11.6 Å². The van der Waals surface area contributed by atoms with Crippen LogP contribution in [0.5, 0.6) is 0 Å². The third kappa shape index (κ3) is 4.49. The first kappa shape index (κ1) is 18.1. The first-order valence-electron chi connectivity index (χ1n) is 8.38. The summed E-state index contributed by atoms with van der Waals surface area (Å²) in [5.74, 6) is 0.468. The van der Waals surface area contributed by atoms with Crippen LogP contribution in [0.3, 0.4) is 0 Å². The monoisotopic (exact) mass is 373 g/mol. The highest BCUT2D eigenvalue weighted by Crippen LogP contribution is 2.12. The summed E-state index contributed by atoms with van der Waals surface area (Å²) in [6, 6.07) is 7.53. The molecule has 0 radical (unpaired) electrons. The zero-order valence-electron chi connectivity index (χ0n) is 14.5. The van der Waals surface area contributed by atoms with Gasteiger partial charge in [-0.1, -0.05) is 23.7 Å². The first-order valence-corrected chi connectivity index (χ1v) is 8.76. The van der Waals surface area contributed by atoms with E-state index in [0.29, 0.717) is 49.3 Å². The Hall–Kier alpha value is -2.67. The lowest BCUT2D eigenvalue weighted by molar-refractivity contribution is -0.130. The predicted octanol–water partition coefficient (Wildman–Crippen LogP) is 2.05. The van der Waals surface area contributed by atoms with Crippen LogP contribution in [-0.4, -0.2) is 57.8 Å². The van der Waals surface area contributed by atoms with E-state index in [1.807, 2.05) is 24.3 Å². The Morgan fingerprint density at radius 2 is 1.69 bits per heavy atom. The number of nitrogens with one attached hydrogen (secondary N) is 1. The predicted molar refractivity (Wildman–Crippen MR) is 99.0 cm³/mol. The fourth-order valence-electron chi connectivity index (χ4n) is 2.71. The minimum Gasteiger partial charge on any atom is -0.365 e. The fourth-order valence-corrected chi connectivity index (χ4v) is 2.84. The fraction of sp³-hybridized carbons (Fsp3) is 0.333. The number of benzene rings is 1. The molecule has 0 aliphatic carbocycles. The number of hydrogen-bond donors (Lipinski definition) is 1. The molecule has 1 aliphatic rings. The molecule has 7 nitrogen and oxygen atoms in total. The number of aromatic nitrogens is 2. The minimum absolute atomic E-state index is 0.0352. The second-order valence-corrected chi connectivity index (χ2v) is 6.50. The summed E-state index contributed by atoms with van der Waals surface area (Å²) >= 11 is 5.87. The van der Waals surface area contributed by atoms with Gasteiger partial charge in [-0.25, -0.2) is 9.97 Å². The van der Waals surface area contributed by atoms with Gasteiger partial charge in [0.1, 0.15) is 11.5 Å². The minimum atomic E-state index is -0.162. The molecule has 2 heterocycles. The Labute approximate surface area is 157 Å². The van der Waals surface area contributed by atoms with Gasteiger partial charge in [0.05, 0.1) is 12.4 Å². The molecule has 3 rings (SSSR count). The van der Waals surface area contributed by atoms with E-state index in [9.17, 15) is 9.59 Å². The van der Waals surface area contributed by atoms with Crippen molar-refractivity contribution in [1.82, 2.24) is 19.8 Å². The molecule has 0 bridgehead atoms. The van der Waals surface area contributed by atoms with Crippen LogP contribution in [-0.2, 0) is 11.3 Å². The van der Waals surface area contributed by atoms with Crippen LogP contribution >= 0.6 is 11.6 Å². The van der Waals surface area contributed by atoms with Gasteiger partial charge in [0.25, 0.3) is 5.91 Å². The Morgan fingerprint density at radius 3 is 2.27 bits per heavy atom. The van der Waals surface area contributed by atoms with E-state index in [-0.39, 0.29) is 11.8 Å². The van der Waals surface area contributed by atoms with Crippen molar-refractivity contribution in [3.8, 4) is 0 Å². The maximum absolute atomic E-state index is 12.5. The highest BCUT2D eigenvalue weighted by atomic mass is 35.5. The van der Waals surface area contributed by atoms with Gasteiger partial charge in [-0.05, 0) is 17.7 Å². The van der Waals surface area contributed by atoms with Crippen LogP contribution in [0.15, 0.2) is 36.7 Å². The number of anilines is 1. The van der Waals surface area contributed by atoms with Gasteiger partial charge >= 0.3 is 0 Å². The number of nitrogens with zero attached hydrogens (tertiary/aromatic N) is 4. The lowest BCUT2D eigenvalue weighted by Gasteiger charge is -2.33. The summed E-state index contributed by atoms with van der Waals surface area (Å²) < 4.78 is 0. The number of piperazine rings is 1. The summed E-state index contributed by atoms with van der Waals surface area (Å²) in [6.45, 7) is 4.25. The molecule has 0 unspecified atom stereocenters. The quantitative estimate of drug-likeness (QED) is 0.887. The van der Waals surface area contributed by atoms with Crippen molar-refractivity contribution < 1.29 is 9.59 Å². The summed E-state index contributed by atoms with van der Waals surface area (Å²) in [7, 11) is 0. The SMILES string of the molecule is CC(=O)N1CCN(C(=O)c2cnc(NCc3ccc(Cl)cc3)cn2)CC1. The van der Waals surface area contributed by atoms with Crippen molar-refractivity contribution in [2.24, 2.45) is 0 Å². The number of halogens is 1. The second-order valence-electron chi connectivity index (χ2n) is 6.07. The van der Waals surface area contributed by atoms with E-state index >= 15 is 0 Å². The van der Waals surface area contributed by atoms with E-state index in [0.717, 1.165) is 5.56 Å². The molecule has 1 saturated heterocycles. The molecule has 8 heteroatoms. The number of hydrogen-bond acceptors (Lipinski definition) is 5. The zero-order chi connectivity index (χ0) is 18.5. The summed E-state index contributed by atoms with van der Waals surface area (Å²) in [5.41, 5.74) is 1.37. The smallest absolute Gasteiger partial charge is 0.274 e. The Morgan fingerprint density at radius 1 is 1.04 bits per heavy atom. The van der Waals surface area contributed by atoms with Crippen LogP contribution in [0.4, 0.5) is 5.82 Å². The maximum atomic E-state index is 12.5.